The number of amides is 3. The molecule has 0 bridgehead atoms. The van der Waals surface area contributed by atoms with Crippen LogP contribution in [0.3, 0.4) is 0 Å². The molecule has 0 atom stereocenters. The number of nitrogens with one attached hydrogen (secondary N) is 1. The van der Waals surface area contributed by atoms with E-state index in [1.807, 2.05) is 26.0 Å². The molecular weight excluding hydrogens is 378 g/mol. The van der Waals surface area contributed by atoms with E-state index < -0.39 is 0 Å². The average molecular weight is 408 g/mol. The van der Waals surface area contributed by atoms with E-state index >= 15 is 0 Å². The van der Waals surface area contributed by atoms with Gasteiger partial charge in [0.05, 0.1) is 6.61 Å². The van der Waals surface area contributed by atoms with E-state index in [0.29, 0.717) is 44.1 Å². The molecule has 0 radical (unpaired) electrons. The molecule has 1 heterocycles. The van der Waals surface area contributed by atoms with Crippen molar-refractivity contribution in [3.05, 3.63) is 24.3 Å². The zero-order valence-corrected chi connectivity index (χ0v) is 17.8. The molecule has 1 aliphatic rings. The highest BCUT2D eigenvalue weighted by molar-refractivity contribution is 8.13. The number of carbonyl (C=O) groups is 3. The van der Waals surface area contributed by atoms with Gasteiger partial charge >= 0.3 is 6.09 Å². The van der Waals surface area contributed by atoms with Gasteiger partial charge in [-0.05, 0) is 54.8 Å². The van der Waals surface area contributed by atoms with E-state index in [-0.39, 0.29) is 23.2 Å². The van der Waals surface area contributed by atoms with Crippen molar-refractivity contribution in [2.45, 2.75) is 31.6 Å². The third-order valence-corrected chi connectivity index (χ3v) is 5.40. The zero-order valence-electron chi connectivity index (χ0n) is 16.9. The molecule has 7 nitrogen and oxygen atoms in total. The van der Waals surface area contributed by atoms with Gasteiger partial charge < -0.3 is 19.9 Å². The Kier molecular flexibility index (Phi) is 8.17. The van der Waals surface area contributed by atoms with Gasteiger partial charge in [-0.3, -0.25) is 9.59 Å². The number of hydrogen-bond acceptors (Lipinski definition) is 5. The minimum Gasteiger partial charge on any atom is -0.449 e. The lowest BCUT2D eigenvalue weighted by atomic mass is 9.96. The number of carbonyl (C=O) groups excluding carboxylic acids is 3. The second kappa shape index (κ2) is 10.4. The quantitative estimate of drug-likeness (QED) is 0.749. The zero-order chi connectivity index (χ0) is 20.7. The van der Waals surface area contributed by atoms with Crippen LogP contribution in [0.2, 0.25) is 0 Å². The molecule has 1 N–H and O–H groups in total. The highest BCUT2D eigenvalue weighted by atomic mass is 32.2. The number of likely N-dealkylation sites (tertiary alicyclic amines) is 1. The molecule has 1 fully saturated rings. The molecule has 1 aliphatic heterocycles. The smallest absolute Gasteiger partial charge is 0.409 e. The predicted molar refractivity (Wildman–Crippen MR) is 110 cm³/mol. The largest absolute Gasteiger partial charge is 0.449 e. The van der Waals surface area contributed by atoms with Gasteiger partial charge in [0.1, 0.15) is 0 Å². The molecule has 154 valence electrons. The van der Waals surface area contributed by atoms with Crippen molar-refractivity contribution in [3.8, 4) is 0 Å². The summed E-state index contributed by atoms with van der Waals surface area (Å²) in [7, 11) is 3.42. The fraction of sp³-hybridized carbons (Fsp3) is 0.550. The van der Waals surface area contributed by atoms with E-state index in [1.165, 1.54) is 4.90 Å². The summed E-state index contributed by atoms with van der Waals surface area (Å²) in [5, 5.41) is 2.87. The van der Waals surface area contributed by atoms with Crippen molar-refractivity contribution in [1.82, 2.24) is 9.80 Å². The Hall–Kier alpha value is -2.22. The van der Waals surface area contributed by atoms with Crippen LogP contribution in [0.5, 0.6) is 0 Å². The van der Waals surface area contributed by atoms with Gasteiger partial charge in [-0.15, -0.1) is 0 Å². The maximum Gasteiger partial charge on any atom is 0.409 e. The van der Waals surface area contributed by atoms with Gasteiger partial charge in [-0.1, -0.05) is 13.8 Å². The summed E-state index contributed by atoms with van der Waals surface area (Å²) in [4.78, 5) is 40.2. The normalized spacial score (nSPS) is 14.7. The second-order valence-electron chi connectivity index (χ2n) is 7.51. The molecule has 28 heavy (non-hydrogen) atoms. The number of rotatable bonds is 5. The Labute approximate surface area is 170 Å². The molecule has 3 amide bonds. The van der Waals surface area contributed by atoms with Crippen molar-refractivity contribution in [3.63, 3.8) is 0 Å². The summed E-state index contributed by atoms with van der Waals surface area (Å²) < 4.78 is 5.25. The van der Waals surface area contributed by atoms with Crippen LogP contribution in [0.15, 0.2) is 29.2 Å². The lowest BCUT2D eigenvalue weighted by Crippen LogP contribution is -2.42. The molecule has 1 aromatic carbocycles. The maximum absolute atomic E-state index is 12.5. The van der Waals surface area contributed by atoms with Gasteiger partial charge in [0, 0.05) is 43.7 Å². The Bertz CT molecular complexity index is 683. The van der Waals surface area contributed by atoms with Crippen LogP contribution in [0, 0.1) is 11.8 Å². The first-order valence-corrected chi connectivity index (χ1v) is 10.3. The molecule has 0 aromatic heterocycles. The molecule has 0 saturated carbocycles. The first-order chi connectivity index (χ1) is 13.3. The van der Waals surface area contributed by atoms with Crippen molar-refractivity contribution in [1.29, 1.82) is 0 Å². The topological polar surface area (TPSA) is 79.0 Å². The summed E-state index contributed by atoms with van der Waals surface area (Å²) in [6, 6.07) is 7.22. The van der Waals surface area contributed by atoms with Gasteiger partial charge in [-0.2, -0.15) is 0 Å². The highest BCUT2D eigenvalue weighted by Gasteiger charge is 2.28. The Morgan fingerprint density at radius 3 is 2.32 bits per heavy atom. The Morgan fingerprint density at radius 2 is 1.79 bits per heavy atom. The van der Waals surface area contributed by atoms with E-state index in [4.69, 9.17) is 4.74 Å². The summed E-state index contributed by atoms with van der Waals surface area (Å²) in [5.74, 6) is 0.136. The number of hydrogen-bond donors (Lipinski definition) is 1. The van der Waals surface area contributed by atoms with E-state index in [2.05, 4.69) is 5.32 Å². The SMILES string of the molecule is CC(C)COC(=O)N1CCC(C(=O)Nc2ccc(SC(=O)N(C)C)cc2)CC1. The van der Waals surface area contributed by atoms with Gasteiger partial charge in [0.25, 0.3) is 5.24 Å². The van der Waals surface area contributed by atoms with Crippen LogP contribution in [0.1, 0.15) is 26.7 Å². The molecule has 8 heteroatoms. The maximum atomic E-state index is 12.5. The second-order valence-corrected chi connectivity index (χ2v) is 8.53. The first-order valence-electron chi connectivity index (χ1n) is 9.48. The van der Waals surface area contributed by atoms with Crippen LogP contribution in [-0.4, -0.2) is 60.8 Å². The summed E-state index contributed by atoms with van der Waals surface area (Å²) in [6.45, 7) is 5.45. The highest BCUT2D eigenvalue weighted by Crippen LogP contribution is 2.24. The molecule has 0 unspecified atom stereocenters. The number of ether oxygens (including phenoxy) is 1. The fourth-order valence-corrected chi connectivity index (χ4v) is 3.35. The lowest BCUT2D eigenvalue weighted by Gasteiger charge is -2.30. The standard InChI is InChI=1S/C20H29N3O4S/c1-14(2)13-27-19(25)23-11-9-15(10-12-23)18(24)21-16-5-7-17(8-6-16)28-20(26)22(3)4/h5-8,14-15H,9-13H2,1-4H3,(H,21,24). The van der Waals surface area contributed by atoms with Crippen LogP contribution in [-0.2, 0) is 9.53 Å². The van der Waals surface area contributed by atoms with Crippen molar-refractivity contribution >= 4 is 34.7 Å². The number of nitrogens with zero attached hydrogens (tertiary/aromatic N) is 2. The van der Waals surface area contributed by atoms with Crippen LogP contribution in [0.4, 0.5) is 15.3 Å². The molecule has 1 aromatic rings. The van der Waals surface area contributed by atoms with E-state index in [0.717, 1.165) is 16.7 Å². The number of thioether (sulfide) groups is 1. The molecule has 0 spiro atoms. The number of piperidine rings is 1. The monoisotopic (exact) mass is 407 g/mol. The predicted octanol–water partition coefficient (Wildman–Crippen LogP) is 3.90. The lowest BCUT2D eigenvalue weighted by molar-refractivity contribution is -0.121. The third-order valence-electron chi connectivity index (χ3n) is 4.36. The van der Waals surface area contributed by atoms with Crippen molar-refractivity contribution < 1.29 is 19.1 Å². The first kappa shape index (κ1) is 22.1. The number of anilines is 1. The van der Waals surface area contributed by atoms with Crippen LogP contribution >= 0.6 is 11.8 Å². The fourth-order valence-electron chi connectivity index (χ4n) is 2.70. The number of benzene rings is 1. The van der Waals surface area contributed by atoms with Crippen molar-refractivity contribution in [2.24, 2.45) is 11.8 Å². The van der Waals surface area contributed by atoms with Gasteiger partial charge in [-0.25, -0.2) is 4.79 Å². The molecule has 0 aliphatic carbocycles. The van der Waals surface area contributed by atoms with E-state index in [1.54, 1.807) is 31.1 Å². The summed E-state index contributed by atoms with van der Waals surface area (Å²) >= 11 is 1.14. The third kappa shape index (κ3) is 6.74. The Balaban J connectivity index is 1.79. The Morgan fingerprint density at radius 1 is 1.18 bits per heavy atom. The van der Waals surface area contributed by atoms with Crippen LogP contribution < -0.4 is 5.32 Å². The van der Waals surface area contributed by atoms with Crippen LogP contribution in [0.25, 0.3) is 0 Å². The van der Waals surface area contributed by atoms with Gasteiger partial charge in [0.2, 0.25) is 5.91 Å². The average Bonchev–Trinajstić information content (AvgIpc) is 2.67. The molecule has 2 rings (SSSR count). The minimum absolute atomic E-state index is 0.0417. The molecular formula is C20H29N3O4S. The molecule has 1 saturated heterocycles. The van der Waals surface area contributed by atoms with Gasteiger partial charge in [0.15, 0.2) is 0 Å². The summed E-state index contributed by atoms with van der Waals surface area (Å²) in [5.41, 5.74) is 0.699. The minimum atomic E-state index is -0.298. The summed E-state index contributed by atoms with van der Waals surface area (Å²) in [6.07, 6.45) is 0.940. The van der Waals surface area contributed by atoms with E-state index in [9.17, 15) is 14.4 Å². The van der Waals surface area contributed by atoms with Crippen molar-refractivity contribution in [2.75, 3.05) is 39.1 Å².